The second-order valence-electron chi connectivity index (χ2n) is 5.30. The number of halogens is 1. The van der Waals surface area contributed by atoms with Crippen LogP contribution in [0.15, 0.2) is 67.3 Å². The first-order valence-corrected chi connectivity index (χ1v) is 7.69. The Labute approximate surface area is 140 Å². The number of aryl methyl sites for hydroxylation is 1. The number of benzene rings is 2. The molecule has 1 unspecified atom stereocenters. The molecule has 0 aliphatic heterocycles. The normalized spacial score (nSPS) is 13.2. The third kappa shape index (κ3) is 3.10. The highest BCUT2D eigenvalue weighted by Gasteiger charge is 2.35. The van der Waals surface area contributed by atoms with E-state index in [-0.39, 0.29) is 0 Å². The molecule has 5 heteroatoms. The summed E-state index contributed by atoms with van der Waals surface area (Å²) in [6.45, 7) is 0. The lowest BCUT2D eigenvalue weighted by atomic mass is 9.85. The maximum absolute atomic E-state index is 9.96. The molecule has 23 heavy (non-hydrogen) atoms. The summed E-state index contributed by atoms with van der Waals surface area (Å²) in [6, 6.07) is 19.8. The van der Waals surface area contributed by atoms with E-state index in [0.717, 1.165) is 17.5 Å². The molecular formula is C18H15ClN4. The van der Waals surface area contributed by atoms with Crippen LogP contribution in [0.5, 0.6) is 0 Å². The van der Waals surface area contributed by atoms with Gasteiger partial charge in [0, 0.05) is 5.02 Å². The maximum atomic E-state index is 9.96. The standard InChI is InChI=1S/C18H15ClN4/c19-17-8-6-15(7-9-17)10-11-18(12-20,23-14-21-13-22-23)16-4-2-1-3-5-16/h1-9,13-14H,10-11H2. The molecule has 2 aromatic carbocycles. The zero-order valence-corrected chi connectivity index (χ0v) is 13.2. The van der Waals surface area contributed by atoms with Crippen LogP contribution in [0.1, 0.15) is 17.5 Å². The predicted octanol–water partition coefficient (Wildman–Crippen LogP) is 3.83. The van der Waals surface area contributed by atoms with Gasteiger partial charge in [0.1, 0.15) is 12.7 Å². The van der Waals surface area contributed by atoms with E-state index in [0.29, 0.717) is 11.4 Å². The minimum absolute atomic E-state index is 0.596. The molecule has 3 rings (SSSR count). The van der Waals surface area contributed by atoms with Gasteiger partial charge in [-0.05, 0) is 36.1 Å². The summed E-state index contributed by atoms with van der Waals surface area (Å²) in [6.07, 6.45) is 4.38. The van der Waals surface area contributed by atoms with Crippen LogP contribution < -0.4 is 0 Å². The average molecular weight is 323 g/mol. The van der Waals surface area contributed by atoms with Crippen molar-refractivity contribution in [3.8, 4) is 6.07 Å². The van der Waals surface area contributed by atoms with Crippen LogP contribution in [-0.2, 0) is 12.0 Å². The van der Waals surface area contributed by atoms with Gasteiger partial charge in [-0.2, -0.15) is 10.4 Å². The van der Waals surface area contributed by atoms with Crippen LogP contribution in [-0.4, -0.2) is 14.8 Å². The molecule has 1 heterocycles. The Morgan fingerprint density at radius 3 is 2.43 bits per heavy atom. The predicted molar refractivity (Wildman–Crippen MR) is 88.9 cm³/mol. The lowest BCUT2D eigenvalue weighted by Crippen LogP contribution is -2.34. The fraction of sp³-hybridized carbons (Fsp3) is 0.167. The van der Waals surface area contributed by atoms with Crippen molar-refractivity contribution in [3.05, 3.63) is 83.4 Å². The van der Waals surface area contributed by atoms with Crippen LogP contribution >= 0.6 is 11.6 Å². The highest BCUT2D eigenvalue weighted by atomic mass is 35.5. The van der Waals surface area contributed by atoms with Crippen molar-refractivity contribution in [2.75, 3.05) is 0 Å². The molecule has 0 fully saturated rings. The second-order valence-corrected chi connectivity index (χ2v) is 5.74. The van der Waals surface area contributed by atoms with E-state index in [4.69, 9.17) is 11.6 Å². The van der Waals surface area contributed by atoms with Crippen LogP contribution in [0.2, 0.25) is 5.02 Å². The number of aromatic nitrogens is 3. The van der Waals surface area contributed by atoms with Gasteiger partial charge in [0.25, 0.3) is 0 Å². The zero-order chi connectivity index (χ0) is 16.1. The largest absolute Gasteiger partial charge is 0.228 e. The zero-order valence-electron chi connectivity index (χ0n) is 12.4. The number of rotatable bonds is 5. The Kier molecular flexibility index (Phi) is 4.40. The highest BCUT2D eigenvalue weighted by molar-refractivity contribution is 6.30. The lowest BCUT2D eigenvalue weighted by Gasteiger charge is -2.27. The monoisotopic (exact) mass is 322 g/mol. The van der Waals surface area contributed by atoms with E-state index in [9.17, 15) is 5.26 Å². The van der Waals surface area contributed by atoms with E-state index in [1.54, 1.807) is 11.0 Å². The van der Waals surface area contributed by atoms with Crippen LogP contribution in [0.25, 0.3) is 0 Å². The molecule has 0 saturated heterocycles. The van der Waals surface area contributed by atoms with Crippen molar-refractivity contribution < 1.29 is 0 Å². The molecule has 0 radical (unpaired) electrons. The van der Waals surface area contributed by atoms with E-state index in [2.05, 4.69) is 16.2 Å². The highest BCUT2D eigenvalue weighted by Crippen LogP contribution is 2.30. The average Bonchev–Trinajstić information content (AvgIpc) is 3.13. The molecule has 3 aromatic rings. The molecule has 0 N–H and O–H groups in total. The first-order valence-electron chi connectivity index (χ1n) is 7.31. The summed E-state index contributed by atoms with van der Waals surface area (Å²) >= 11 is 5.93. The molecule has 114 valence electrons. The molecule has 0 spiro atoms. The Morgan fingerprint density at radius 1 is 1.09 bits per heavy atom. The molecular weight excluding hydrogens is 308 g/mol. The molecule has 0 aliphatic carbocycles. The van der Waals surface area contributed by atoms with Gasteiger partial charge in [0.05, 0.1) is 6.07 Å². The van der Waals surface area contributed by atoms with Crippen molar-refractivity contribution >= 4 is 11.6 Å². The van der Waals surface area contributed by atoms with Crippen molar-refractivity contribution in [3.63, 3.8) is 0 Å². The minimum Gasteiger partial charge on any atom is -0.228 e. The van der Waals surface area contributed by atoms with E-state index >= 15 is 0 Å². The van der Waals surface area contributed by atoms with Crippen molar-refractivity contribution in [2.45, 2.75) is 18.4 Å². The fourth-order valence-electron chi connectivity index (χ4n) is 2.66. The SMILES string of the molecule is N#CC(CCc1ccc(Cl)cc1)(c1ccccc1)n1cncn1. The van der Waals surface area contributed by atoms with Crippen molar-refractivity contribution in [1.29, 1.82) is 5.26 Å². The van der Waals surface area contributed by atoms with Gasteiger partial charge in [0.2, 0.25) is 0 Å². The minimum atomic E-state index is -0.878. The van der Waals surface area contributed by atoms with Crippen molar-refractivity contribution in [1.82, 2.24) is 14.8 Å². The first kappa shape index (κ1) is 15.3. The Balaban J connectivity index is 1.96. The number of nitrogens with zero attached hydrogens (tertiary/aromatic N) is 4. The third-order valence-corrected chi connectivity index (χ3v) is 4.19. The number of hydrogen-bond acceptors (Lipinski definition) is 3. The van der Waals surface area contributed by atoms with E-state index in [1.165, 1.54) is 6.33 Å². The van der Waals surface area contributed by atoms with Gasteiger partial charge >= 0.3 is 0 Å². The summed E-state index contributed by atoms with van der Waals surface area (Å²) in [5.74, 6) is 0. The van der Waals surface area contributed by atoms with Crippen LogP contribution in [0.3, 0.4) is 0 Å². The quantitative estimate of drug-likeness (QED) is 0.717. The van der Waals surface area contributed by atoms with Gasteiger partial charge in [-0.1, -0.05) is 54.1 Å². The molecule has 0 saturated carbocycles. The van der Waals surface area contributed by atoms with Gasteiger partial charge in [-0.25, -0.2) is 9.67 Å². The van der Waals surface area contributed by atoms with E-state index < -0.39 is 5.54 Å². The van der Waals surface area contributed by atoms with Gasteiger partial charge < -0.3 is 0 Å². The van der Waals surface area contributed by atoms with Gasteiger partial charge in [0.15, 0.2) is 5.54 Å². The van der Waals surface area contributed by atoms with Crippen molar-refractivity contribution in [2.24, 2.45) is 0 Å². The smallest absolute Gasteiger partial charge is 0.175 e. The summed E-state index contributed by atoms with van der Waals surface area (Å²) in [5.41, 5.74) is 1.16. The number of nitriles is 1. The van der Waals surface area contributed by atoms with E-state index in [1.807, 2.05) is 54.6 Å². The summed E-state index contributed by atoms with van der Waals surface area (Å²) in [4.78, 5) is 4.01. The van der Waals surface area contributed by atoms with Gasteiger partial charge in [-0.15, -0.1) is 0 Å². The Morgan fingerprint density at radius 2 is 1.83 bits per heavy atom. The summed E-state index contributed by atoms with van der Waals surface area (Å²) < 4.78 is 1.64. The topological polar surface area (TPSA) is 54.5 Å². The molecule has 4 nitrogen and oxygen atoms in total. The third-order valence-electron chi connectivity index (χ3n) is 3.93. The van der Waals surface area contributed by atoms with Crippen LogP contribution in [0.4, 0.5) is 0 Å². The first-order chi connectivity index (χ1) is 11.2. The number of hydrogen-bond donors (Lipinski definition) is 0. The fourth-order valence-corrected chi connectivity index (χ4v) is 2.78. The molecule has 1 atom stereocenters. The molecule has 0 aliphatic rings. The van der Waals surface area contributed by atoms with Crippen LogP contribution in [0, 0.1) is 11.3 Å². The Bertz CT molecular complexity index is 791. The lowest BCUT2D eigenvalue weighted by molar-refractivity contribution is 0.384. The molecule has 0 amide bonds. The molecule has 0 bridgehead atoms. The molecule has 1 aromatic heterocycles. The Hall–Kier alpha value is -2.64. The van der Waals surface area contributed by atoms with Gasteiger partial charge in [-0.3, -0.25) is 0 Å². The summed E-state index contributed by atoms with van der Waals surface area (Å²) in [7, 11) is 0. The maximum Gasteiger partial charge on any atom is 0.175 e. The second kappa shape index (κ2) is 6.64. The summed E-state index contributed by atoms with van der Waals surface area (Å²) in [5, 5.41) is 14.9.